The van der Waals surface area contributed by atoms with Crippen LogP contribution >= 0.6 is 45.3 Å². The SMILES string of the molecule is CN(Cc1ccccc1)C[C@@H]1CN(S(=O)(=O)c2cccs2)CCN1c1ccc(C(C)(C)O)cc1.CN(Cc1ccccc1)C[C@@H]1CN(S(=O)(=O)c2cccs2)CCN1c1ccc(C(C)(C)O)cc1.CN(Cc1ccccc1)C[C@H]1CN(S(=O)(=O)c2cccs2)CCN1c1ccc(C(C)(C)O)cc1.CN(Cc1ccccc1)C[C@H]1CN(S(=O)(=O)c2cccs2)CCN1c1ccc(C(C)(C)O)cc1. The molecule has 4 fully saturated rings. The lowest BCUT2D eigenvalue weighted by Gasteiger charge is -2.43. The van der Waals surface area contributed by atoms with Gasteiger partial charge >= 0.3 is 0 Å². The van der Waals surface area contributed by atoms with Crippen LogP contribution in [0.15, 0.2) is 305 Å². The largest absolute Gasteiger partial charge is 0.386 e. The quantitative estimate of drug-likeness (QED) is 0.0305. The van der Waals surface area contributed by atoms with Crippen molar-refractivity contribution in [3.05, 3.63) is 333 Å². The maximum absolute atomic E-state index is 13.2. The van der Waals surface area contributed by atoms with Crippen LogP contribution in [0.3, 0.4) is 0 Å². The zero-order valence-corrected chi connectivity index (χ0v) is 86.4. The number of thiophene rings is 4. The topological polar surface area (TPSA) is 256 Å². The van der Waals surface area contributed by atoms with Gasteiger partial charge in [0.25, 0.3) is 40.1 Å². The minimum Gasteiger partial charge on any atom is -0.386 e. The van der Waals surface area contributed by atoms with Crippen molar-refractivity contribution in [3.63, 3.8) is 0 Å². The number of aliphatic hydroxyl groups is 4. The van der Waals surface area contributed by atoms with Gasteiger partial charge < -0.3 is 59.6 Å². The average molecular weight is 2000 g/mol. The van der Waals surface area contributed by atoms with Gasteiger partial charge in [-0.1, -0.05) is 194 Å². The molecule has 0 saturated carbocycles. The van der Waals surface area contributed by atoms with E-state index in [4.69, 9.17) is 0 Å². The fourth-order valence-corrected chi connectivity index (χ4v) is 28.3. The minimum absolute atomic E-state index is 0.00909. The van der Waals surface area contributed by atoms with Gasteiger partial charge in [-0.25, -0.2) is 33.7 Å². The number of nitrogens with zero attached hydrogens (tertiary/aromatic N) is 12. The van der Waals surface area contributed by atoms with Crippen LogP contribution in [0.25, 0.3) is 0 Å². The molecule has 12 aromatic rings. The molecule has 728 valence electrons. The van der Waals surface area contributed by atoms with Gasteiger partial charge in [-0.2, -0.15) is 17.2 Å². The highest BCUT2D eigenvalue weighted by atomic mass is 32.3. The smallest absolute Gasteiger partial charge is 0.252 e. The van der Waals surface area contributed by atoms with Gasteiger partial charge in [0.05, 0.1) is 46.6 Å². The normalized spacial score (nSPS) is 17.9. The Morgan fingerprint density at radius 2 is 0.434 bits per heavy atom. The van der Waals surface area contributed by atoms with Gasteiger partial charge in [-0.05, 0) is 222 Å². The van der Waals surface area contributed by atoms with Crippen molar-refractivity contribution in [1.82, 2.24) is 36.8 Å². The molecular weight excluding hydrogens is 1870 g/mol. The molecule has 8 aromatic carbocycles. The van der Waals surface area contributed by atoms with Crippen molar-refractivity contribution in [3.8, 4) is 0 Å². The van der Waals surface area contributed by atoms with Crippen LogP contribution in [0.4, 0.5) is 22.7 Å². The van der Waals surface area contributed by atoms with Crippen LogP contribution in [0.2, 0.25) is 0 Å². The number of anilines is 4. The van der Waals surface area contributed by atoms with E-state index in [1.807, 2.05) is 170 Å². The third kappa shape index (κ3) is 27.8. The number of likely N-dealkylation sites (N-methyl/N-ethyl adjacent to an activating group) is 4. The highest BCUT2D eigenvalue weighted by Crippen LogP contribution is 2.37. The second-order valence-electron chi connectivity index (χ2n) is 37.7. The van der Waals surface area contributed by atoms with Crippen LogP contribution in [-0.2, 0) is 88.7 Å². The molecule has 16 rings (SSSR count). The molecule has 4 atom stereocenters. The average Bonchev–Trinajstić information content (AvgIpc) is 1.20. The van der Waals surface area contributed by atoms with E-state index in [1.54, 1.807) is 143 Å². The van der Waals surface area contributed by atoms with Crippen molar-refractivity contribution in [2.45, 2.75) is 145 Å². The maximum atomic E-state index is 13.2. The summed E-state index contributed by atoms with van der Waals surface area (Å²) in [5, 5.41) is 48.5. The molecule has 4 aliphatic rings. The fourth-order valence-electron chi connectivity index (χ4n) is 17.8. The number of hydrogen-bond acceptors (Lipinski definition) is 24. The van der Waals surface area contributed by atoms with E-state index in [2.05, 4.69) is 116 Å². The van der Waals surface area contributed by atoms with E-state index in [9.17, 15) is 54.1 Å². The number of rotatable bonds is 32. The van der Waals surface area contributed by atoms with Gasteiger partial charge in [0.2, 0.25) is 0 Å². The number of benzene rings is 8. The standard InChI is InChI=1S/4C26H33N3O3S2/c4*1-26(2,30)22-11-13-23(14-12-22)29-16-15-28(34(31,32)25-10-7-17-33-25)20-24(29)19-27(3)18-21-8-5-4-6-9-21/h4*4-14,17,24,30H,15-16,18-20H2,1-3H3/t4*24-/m1100/s1. The number of piperazine rings is 4. The van der Waals surface area contributed by atoms with Gasteiger partial charge in [0, 0.05) is 154 Å². The monoisotopic (exact) mass is 2000 g/mol. The Morgan fingerprint density at radius 1 is 0.257 bits per heavy atom. The van der Waals surface area contributed by atoms with Gasteiger partial charge in [0.15, 0.2) is 0 Å². The zero-order valence-electron chi connectivity index (χ0n) is 79.9. The minimum atomic E-state index is -3.50. The fraction of sp³-hybridized carbons (Fsp3) is 0.385. The molecule has 4 saturated heterocycles. The molecule has 4 aliphatic heterocycles. The molecule has 0 amide bonds. The summed E-state index contributed by atoms with van der Waals surface area (Å²) < 4.78 is 114. The van der Waals surface area contributed by atoms with Crippen molar-refractivity contribution < 1.29 is 54.1 Å². The summed E-state index contributed by atoms with van der Waals surface area (Å²) in [7, 11) is -5.70. The highest BCUT2D eigenvalue weighted by Gasteiger charge is 2.41. The lowest BCUT2D eigenvalue weighted by molar-refractivity contribution is 0.0780. The van der Waals surface area contributed by atoms with Crippen LogP contribution in [0.1, 0.15) is 99.9 Å². The van der Waals surface area contributed by atoms with E-state index in [0.717, 1.165) is 97.4 Å². The Bertz CT molecular complexity index is 5390. The van der Waals surface area contributed by atoms with E-state index in [0.29, 0.717) is 95.4 Å². The zero-order chi connectivity index (χ0) is 97.4. The Labute approximate surface area is 823 Å². The molecule has 0 aliphatic carbocycles. The number of sulfonamides is 4. The summed E-state index contributed by atoms with van der Waals surface area (Å²) in [6.45, 7) is 26.1. The lowest BCUT2D eigenvalue weighted by Crippen LogP contribution is -2.58. The molecular formula is C104H132N12O12S8. The van der Waals surface area contributed by atoms with E-state index in [1.165, 1.54) is 67.6 Å². The lowest BCUT2D eigenvalue weighted by atomic mass is 9.98. The van der Waals surface area contributed by atoms with Crippen LogP contribution in [-0.4, -0.2) is 248 Å². The Kier molecular flexibility index (Phi) is 35.3. The third-order valence-electron chi connectivity index (χ3n) is 25.0. The van der Waals surface area contributed by atoms with Crippen LogP contribution in [0, 0.1) is 0 Å². The maximum Gasteiger partial charge on any atom is 0.252 e. The first kappa shape index (κ1) is 104. The van der Waals surface area contributed by atoms with Crippen LogP contribution in [0.5, 0.6) is 0 Å². The molecule has 0 spiro atoms. The Hall–Kier alpha value is -8.92. The third-order valence-corrected chi connectivity index (χ3v) is 38.0. The molecule has 0 bridgehead atoms. The summed E-state index contributed by atoms with van der Waals surface area (Å²) in [5.74, 6) is 0. The van der Waals surface area contributed by atoms with Gasteiger partial charge in [0.1, 0.15) is 16.8 Å². The second-order valence-corrected chi connectivity index (χ2v) is 50.2. The summed E-state index contributed by atoms with van der Waals surface area (Å²) >= 11 is 5.06. The molecule has 32 heteroatoms. The summed E-state index contributed by atoms with van der Waals surface area (Å²) in [6.07, 6.45) is 0. The first-order valence-electron chi connectivity index (χ1n) is 46.0. The molecule has 0 unspecified atom stereocenters. The van der Waals surface area contributed by atoms with Crippen LogP contribution < -0.4 is 19.6 Å². The Balaban J connectivity index is 0.000000153. The molecule has 24 nitrogen and oxygen atoms in total. The molecule has 8 heterocycles. The van der Waals surface area contributed by atoms with Crippen molar-refractivity contribution in [1.29, 1.82) is 0 Å². The summed E-state index contributed by atoms with van der Waals surface area (Å²) in [4.78, 5) is 18.2. The molecule has 4 N–H and O–H groups in total. The van der Waals surface area contributed by atoms with E-state index < -0.39 is 62.5 Å². The first-order valence-corrected chi connectivity index (χ1v) is 55.3. The highest BCUT2D eigenvalue weighted by molar-refractivity contribution is 7.92. The summed E-state index contributed by atoms with van der Waals surface area (Å²) in [5.41, 5.74) is 8.88. The van der Waals surface area contributed by atoms with Crippen molar-refractivity contribution in [2.75, 3.05) is 153 Å². The predicted octanol–water partition coefficient (Wildman–Crippen LogP) is 15.9. The summed E-state index contributed by atoms with van der Waals surface area (Å²) in [6, 6.07) is 86.9. The van der Waals surface area contributed by atoms with Crippen molar-refractivity contribution in [2.24, 2.45) is 0 Å². The molecule has 136 heavy (non-hydrogen) atoms. The van der Waals surface area contributed by atoms with E-state index >= 15 is 0 Å². The molecule has 4 aromatic heterocycles. The first-order chi connectivity index (χ1) is 64.6. The Morgan fingerprint density at radius 3 is 0.588 bits per heavy atom. The van der Waals surface area contributed by atoms with Gasteiger partial charge in [-0.3, -0.25) is 0 Å². The number of hydrogen-bond donors (Lipinski definition) is 4. The predicted molar refractivity (Wildman–Crippen MR) is 555 cm³/mol. The van der Waals surface area contributed by atoms with Crippen molar-refractivity contribution >= 4 is 108 Å². The molecule has 0 radical (unpaired) electrons. The van der Waals surface area contributed by atoms with E-state index in [-0.39, 0.29) is 24.2 Å². The second kappa shape index (κ2) is 46.0. The van der Waals surface area contributed by atoms with Gasteiger partial charge in [-0.15, -0.1) is 45.3 Å².